The lowest BCUT2D eigenvalue weighted by Gasteiger charge is -2.08. The Morgan fingerprint density at radius 3 is 2.43 bits per heavy atom. The summed E-state index contributed by atoms with van der Waals surface area (Å²) in [5.74, 6) is -0.192. The van der Waals surface area contributed by atoms with E-state index in [0.29, 0.717) is 11.3 Å². The van der Waals surface area contributed by atoms with Crippen molar-refractivity contribution < 1.29 is 9.72 Å². The van der Waals surface area contributed by atoms with E-state index < -0.39 is 4.92 Å². The molecule has 108 valence electrons. The maximum absolute atomic E-state index is 12.0. The summed E-state index contributed by atoms with van der Waals surface area (Å²) in [7, 11) is 0. The van der Waals surface area contributed by atoms with Gasteiger partial charge in [-0.2, -0.15) is 0 Å². The molecule has 0 aliphatic heterocycles. The second-order valence-electron chi connectivity index (χ2n) is 4.92. The minimum Gasteiger partial charge on any atom is -0.325 e. The van der Waals surface area contributed by atoms with Gasteiger partial charge in [-0.3, -0.25) is 14.9 Å². The quantitative estimate of drug-likeness (QED) is 0.691. The molecule has 2 aromatic carbocycles. The first-order valence-corrected chi connectivity index (χ1v) is 6.57. The van der Waals surface area contributed by atoms with Crippen LogP contribution in [0.1, 0.15) is 16.7 Å². The number of aryl methyl sites for hydroxylation is 1. The first kappa shape index (κ1) is 14.7. The monoisotopic (exact) mass is 284 g/mol. The van der Waals surface area contributed by atoms with Gasteiger partial charge in [0.1, 0.15) is 0 Å². The van der Waals surface area contributed by atoms with Crippen LogP contribution in [-0.4, -0.2) is 10.8 Å². The molecule has 0 aromatic heterocycles. The molecule has 0 saturated heterocycles. The molecule has 0 spiro atoms. The van der Waals surface area contributed by atoms with Gasteiger partial charge in [-0.1, -0.05) is 35.9 Å². The van der Waals surface area contributed by atoms with Gasteiger partial charge in [0, 0.05) is 6.07 Å². The van der Waals surface area contributed by atoms with E-state index in [9.17, 15) is 14.9 Å². The summed E-state index contributed by atoms with van der Waals surface area (Å²) in [4.78, 5) is 22.4. The highest BCUT2D eigenvalue weighted by Crippen LogP contribution is 2.25. The molecule has 0 fully saturated rings. The van der Waals surface area contributed by atoms with Gasteiger partial charge in [-0.15, -0.1) is 0 Å². The molecule has 5 nitrogen and oxygen atoms in total. The molecule has 21 heavy (non-hydrogen) atoms. The molecule has 0 aliphatic carbocycles. The lowest BCUT2D eigenvalue weighted by Crippen LogP contribution is -2.15. The molecule has 0 bridgehead atoms. The predicted octanol–water partition coefficient (Wildman–Crippen LogP) is 3.39. The topological polar surface area (TPSA) is 72.2 Å². The maximum atomic E-state index is 12.0. The van der Waals surface area contributed by atoms with E-state index in [4.69, 9.17) is 0 Å². The van der Waals surface area contributed by atoms with Gasteiger partial charge in [0.2, 0.25) is 5.91 Å². The van der Waals surface area contributed by atoms with Crippen LogP contribution in [0, 0.1) is 24.0 Å². The highest BCUT2D eigenvalue weighted by atomic mass is 16.6. The van der Waals surface area contributed by atoms with Crippen LogP contribution in [0.5, 0.6) is 0 Å². The Morgan fingerprint density at radius 2 is 1.81 bits per heavy atom. The summed E-state index contributed by atoms with van der Waals surface area (Å²) < 4.78 is 0. The fourth-order valence-electron chi connectivity index (χ4n) is 2.04. The number of carbonyl (C=O) groups is 1. The summed E-state index contributed by atoms with van der Waals surface area (Å²) in [5, 5.41) is 13.6. The van der Waals surface area contributed by atoms with Gasteiger partial charge in [0.25, 0.3) is 5.69 Å². The zero-order chi connectivity index (χ0) is 15.4. The lowest BCUT2D eigenvalue weighted by atomic mass is 10.1. The minimum absolute atomic E-state index is 0.00290. The van der Waals surface area contributed by atoms with Gasteiger partial charge >= 0.3 is 0 Å². The number of nitro groups is 1. The Hall–Kier alpha value is -2.69. The number of carbonyl (C=O) groups excluding carboxylic acids is 1. The van der Waals surface area contributed by atoms with Crippen molar-refractivity contribution in [1.82, 2.24) is 0 Å². The van der Waals surface area contributed by atoms with E-state index >= 15 is 0 Å². The molecule has 5 heteroatoms. The molecule has 0 atom stereocenters. The van der Waals surface area contributed by atoms with Crippen LogP contribution in [0.4, 0.5) is 11.4 Å². The maximum Gasteiger partial charge on any atom is 0.274 e. The average Bonchev–Trinajstić information content (AvgIpc) is 2.43. The molecule has 0 saturated carbocycles. The lowest BCUT2D eigenvalue weighted by molar-refractivity contribution is -0.385. The third kappa shape index (κ3) is 3.66. The summed E-state index contributed by atoms with van der Waals surface area (Å²) in [5.41, 5.74) is 2.97. The Morgan fingerprint density at radius 1 is 1.14 bits per heavy atom. The van der Waals surface area contributed by atoms with E-state index in [1.165, 1.54) is 6.07 Å². The van der Waals surface area contributed by atoms with E-state index in [2.05, 4.69) is 5.32 Å². The van der Waals surface area contributed by atoms with Crippen molar-refractivity contribution >= 4 is 17.3 Å². The largest absolute Gasteiger partial charge is 0.325 e. The van der Waals surface area contributed by atoms with Crippen molar-refractivity contribution in [2.75, 3.05) is 5.32 Å². The molecular formula is C16H16N2O3. The number of benzene rings is 2. The Bertz CT molecular complexity index is 678. The van der Waals surface area contributed by atoms with Crippen LogP contribution in [0.2, 0.25) is 0 Å². The molecule has 2 rings (SSSR count). The summed E-state index contributed by atoms with van der Waals surface area (Å²) in [6, 6.07) is 12.3. The molecule has 0 aliphatic rings. The van der Waals surface area contributed by atoms with Gasteiger partial charge < -0.3 is 5.32 Å². The average molecular weight is 284 g/mol. The van der Waals surface area contributed by atoms with Crippen molar-refractivity contribution in [3.8, 4) is 0 Å². The van der Waals surface area contributed by atoms with Crippen LogP contribution >= 0.6 is 0 Å². The van der Waals surface area contributed by atoms with Gasteiger partial charge in [0.05, 0.1) is 22.6 Å². The molecule has 0 heterocycles. The van der Waals surface area contributed by atoms with Crippen LogP contribution in [-0.2, 0) is 11.2 Å². The van der Waals surface area contributed by atoms with Crippen LogP contribution in [0.25, 0.3) is 0 Å². The number of hydrogen-bond acceptors (Lipinski definition) is 3. The fraction of sp³-hybridized carbons (Fsp3) is 0.188. The van der Waals surface area contributed by atoms with E-state index in [0.717, 1.165) is 11.1 Å². The molecular weight excluding hydrogens is 268 g/mol. The zero-order valence-corrected chi connectivity index (χ0v) is 11.9. The highest BCUT2D eigenvalue weighted by molar-refractivity contribution is 5.93. The van der Waals surface area contributed by atoms with E-state index in [-0.39, 0.29) is 18.0 Å². The summed E-state index contributed by atoms with van der Waals surface area (Å²) in [6.07, 6.45) is 0.239. The smallest absolute Gasteiger partial charge is 0.274 e. The number of nitro benzene ring substituents is 1. The van der Waals surface area contributed by atoms with Gasteiger partial charge in [0.15, 0.2) is 0 Å². The van der Waals surface area contributed by atoms with Crippen molar-refractivity contribution in [3.05, 3.63) is 69.3 Å². The number of nitrogens with zero attached hydrogens (tertiary/aromatic N) is 1. The van der Waals surface area contributed by atoms with Crippen molar-refractivity contribution in [3.63, 3.8) is 0 Å². The number of anilines is 1. The standard InChI is InChI=1S/C16H16N2O3/c1-11-6-8-13(9-7-11)10-16(19)17-14-4-3-5-15(12(14)2)18(20)21/h3-9H,10H2,1-2H3,(H,17,19). The number of hydrogen-bond donors (Lipinski definition) is 1. The molecule has 2 aromatic rings. The summed E-state index contributed by atoms with van der Waals surface area (Å²) >= 11 is 0. The molecule has 1 N–H and O–H groups in total. The Balaban J connectivity index is 2.11. The Labute approximate surface area is 122 Å². The van der Waals surface area contributed by atoms with E-state index in [1.54, 1.807) is 19.1 Å². The third-order valence-corrected chi connectivity index (χ3v) is 3.26. The van der Waals surface area contributed by atoms with E-state index in [1.807, 2.05) is 31.2 Å². The van der Waals surface area contributed by atoms with Gasteiger partial charge in [-0.05, 0) is 25.5 Å². The number of amides is 1. The highest BCUT2D eigenvalue weighted by Gasteiger charge is 2.14. The predicted molar refractivity (Wildman–Crippen MR) is 81.3 cm³/mol. The van der Waals surface area contributed by atoms with Crippen LogP contribution in [0.15, 0.2) is 42.5 Å². The molecule has 1 amide bonds. The van der Waals surface area contributed by atoms with Crippen LogP contribution in [0.3, 0.4) is 0 Å². The van der Waals surface area contributed by atoms with Crippen molar-refractivity contribution in [2.45, 2.75) is 20.3 Å². The SMILES string of the molecule is Cc1ccc(CC(=O)Nc2cccc([N+](=O)[O-])c2C)cc1. The number of rotatable bonds is 4. The molecule has 0 radical (unpaired) electrons. The van der Waals surface area contributed by atoms with Crippen molar-refractivity contribution in [2.24, 2.45) is 0 Å². The second-order valence-corrected chi connectivity index (χ2v) is 4.92. The first-order chi connectivity index (χ1) is 9.97. The van der Waals surface area contributed by atoms with Gasteiger partial charge in [-0.25, -0.2) is 0 Å². The second kappa shape index (κ2) is 6.17. The number of nitrogens with one attached hydrogen (secondary N) is 1. The normalized spacial score (nSPS) is 10.2. The molecule has 0 unspecified atom stereocenters. The Kier molecular flexibility index (Phi) is 4.33. The summed E-state index contributed by atoms with van der Waals surface area (Å²) in [6.45, 7) is 3.61. The fourth-order valence-corrected chi connectivity index (χ4v) is 2.04. The first-order valence-electron chi connectivity index (χ1n) is 6.57. The zero-order valence-electron chi connectivity index (χ0n) is 11.9. The van der Waals surface area contributed by atoms with Crippen LogP contribution < -0.4 is 5.32 Å². The minimum atomic E-state index is -0.453. The third-order valence-electron chi connectivity index (χ3n) is 3.26. The van der Waals surface area contributed by atoms with Crippen molar-refractivity contribution in [1.29, 1.82) is 0 Å².